The van der Waals surface area contributed by atoms with Crippen LogP contribution in [0.2, 0.25) is 5.02 Å². The van der Waals surface area contributed by atoms with E-state index >= 15 is 0 Å². The molecular weight excluding hydrogens is 473 g/mol. The Morgan fingerprint density at radius 1 is 1.03 bits per heavy atom. The molecule has 2 N–H and O–H groups in total. The minimum Gasteiger partial charge on any atom is -0.459 e. The highest BCUT2D eigenvalue weighted by atomic mass is 35.5. The average molecular weight is 498 g/mol. The van der Waals surface area contributed by atoms with Gasteiger partial charge in [-0.3, -0.25) is 19.3 Å². The molecule has 0 unspecified atom stereocenters. The number of hydrogen-bond acceptors (Lipinski definition) is 4. The second-order valence-electron chi connectivity index (χ2n) is 8.32. The first kappa shape index (κ1) is 24.5. The number of nitrogens with zero attached hydrogens (tertiary/aromatic N) is 1. The molecule has 0 radical (unpaired) electrons. The van der Waals surface area contributed by atoms with E-state index in [4.69, 9.17) is 16.0 Å². The van der Waals surface area contributed by atoms with E-state index in [0.717, 1.165) is 30.6 Å². The van der Waals surface area contributed by atoms with Crippen LogP contribution in [0.3, 0.4) is 0 Å². The van der Waals surface area contributed by atoms with Gasteiger partial charge in [0.15, 0.2) is 5.76 Å². The third-order valence-corrected chi connectivity index (χ3v) is 6.17. The number of amides is 3. The van der Waals surface area contributed by atoms with Crippen LogP contribution in [-0.2, 0) is 9.59 Å². The molecule has 0 bridgehead atoms. The molecule has 1 aliphatic carbocycles. The first-order chi connectivity index (χ1) is 16.9. The van der Waals surface area contributed by atoms with Gasteiger partial charge in [-0.2, -0.15) is 0 Å². The maximum Gasteiger partial charge on any atom is 0.287 e. The standard InChI is InChI=1S/C26H25ClFN3O4/c27-18-13-11-17(12-14-18)24(26(34)30-19-6-1-2-7-19)31(21-9-4-3-8-20(21)28)23(32)16-29-25(33)22-10-5-15-35-22/h3-5,8-15,19,24H,1-2,6-7,16H2,(H,29,33)(H,30,34)/t24-/m0/s1. The van der Waals surface area contributed by atoms with E-state index in [1.54, 1.807) is 36.4 Å². The molecule has 3 amide bonds. The summed E-state index contributed by atoms with van der Waals surface area (Å²) in [4.78, 5) is 40.5. The molecule has 4 rings (SSSR count). The predicted octanol–water partition coefficient (Wildman–Crippen LogP) is 4.64. The summed E-state index contributed by atoms with van der Waals surface area (Å²) in [5.41, 5.74) is 0.380. The van der Waals surface area contributed by atoms with Crippen LogP contribution in [0, 0.1) is 5.82 Å². The van der Waals surface area contributed by atoms with Gasteiger partial charge in [-0.05, 0) is 54.8 Å². The number of anilines is 1. The smallest absolute Gasteiger partial charge is 0.287 e. The molecule has 1 aromatic heterocycles. The van der Waals surface area contributed by atoms with Gasteiger partial charge in [0.05, 0.1) is 18.5 Å². The average Bonchev–Trinajstić information content (AvgIpc) is 3.57. The molecule has 0 aliphatic heterocycles. The number of carbonyl (C=O) groups excluding carboxylic acids is 3. The van der Waals surface area contributed by atoms with Gasteiger partial charge in [0.1, 0.15) is 11.9 Å². The van der Waals surface area contributed by atoms with Gasteiger partial charge in [0, 0.05) is 11.1 Å². The maximum atomic E-state index is 15.0. The second kappa shape index (κ2) is 11.2. The number of nitrogens with one attached hydrogen (secondary N) is 2. The molecule has 1 atom stereocenters. The molecule has 1 aliphatic rings. The van der Waals surface area contributed by atoms with Gasteiger partial charge in [0.25, 0.3) is 5.91 Å². The summed E-state index contributed by atoms with van der Waals surface area (Å²) in [6.07, 6.45) is 5.03. The topological polar surface area (TPSA) is 91.7 Å². The Balaban J connectivity index is 1.69. The highest BCUT2D eigenvalue weighted by Crippen LogP contribution is 2.31. The van der Waals surface area contributed by atoms with Crippen LogP contribution in [-0.4, -0.2) is 30.3 Å². The van der Waals surface area contributed by atoms with Crippen molar-refractivity contribution >= 4 is 35.0 Å². The zero-order valence-corrected chi connectivity index (χ0v) is 19.6. The molecule has 7 nitrogen and oxygen atoms in total. The van der Waals surface area contributed by atoms with E-state index in [0.29, 0.717) is 10.6 Å². The van der Waals surface area contributed by atoms with Crippen molar-refractivity contribution in [3.05, 3.63) is 89.1 Å². The van der Waals surface area contributed by atoms with Crippen LogP contribution in [0.25, 0.3) is 0 Å². The summed E-state index contributed by atoms with van der Waals surface area (Å²) in [6.45, 7) is -0.478. The lowest BCUT2D eigenvalue weighted by molar-refractivity contribution is -0.126. The largest absolute Gasteiger partial charge is 0.459 e. The van der Waals surface area contributed by atoms with Crippen LogP contribution < -0.4 is 15.5 Å². The maximum absolute atomic E-state index is 15.0. The fourth-order valence-corrected chi connectivity index (χ4v) is 4.34. The van der Waals surface area contributed by atoms with E-state index in [9.17, 15) is 18.8 Å². The molecule has 35 heavy (non-hydrogen) atoms. The second-order valence-corrected chi connectivity index (χ2v) is 8.76. The lowest BCUT2D eigenvalue weighted by Gasteiger charge is -2.32. The van der Waals surface area contributed by atoms with Crippen LogP contribution in [0.1, 0.15) is 47.8 Å². The van der Waals surface area contributed by atoms with E-state index in [1.165, 1.54) is 30.5 Å². The minimum absolute atomic E-state index is 0.0199. The van der Waals surface area contributed by atoms with Gasteiger partial charge >= 0.3 is 0 Å². The van der Waals surface area contributed by atoms with E-state index in [2.05, 4.69) is 10.6 Å². The summed E-state index contributed by atoms with van der Waals surface area (Å²) in [5.74, 6) is -2.35. The number of hydrogen-bond donors (Lipinski definition) is 2. The van der Waals surface area contributed by atoms with Gasteiger partial charge < -0.3 is 15.1 Å². The summed E-state index contributed by atoms with van der Waals surface area (Å²) >= 11 is 6.05. The normalized spacial score (nSPS) is 14.3. The molecule has 1 heterocycles. The Morgan fingerprint density at radius 3 is 2.40 bits per heavy atom. The van der Waals surface area contributed by atoms with Crippen molar-refractivity contribution in [3.8, 4) is 0 Å². The highest BCUT2D eigenvalue weighted by molar-refractivity contribution is 6.30. The monoisotopic (exact) mass is 497 g/mol. The van der Waals surface area contributed by atoms with Crippen molar-refractivity contribution in [1.82, 2.24) is 10.6 Å². The van der Waals surface area contributed by atoms with Crippen LogP contribution >= 0.6 is 11.6 Å². The summed E-state index contributed by atoms with van der Waals surface area (Å²) in [7, 11) is 0. The van der Waals surface area contributed by atoms with Crippen molar-refractivity contribution in [2.45, 2.75) is 37.8 Å². The first-order valence-corrected chi connectivity index (χ1v) is 11.8. The molecule has 182 valence electrons. The first-order valence-electron chi connectivity index (χ1n) is 11.4. The van der Waals surface area contributed by atoms with Gasteiger partial charge in [-0.25, -0.2) is 4.39 Å². The van der Waals surface area contributed by atoms with Crippen molar-refractivity contribution in [1.29, 1.82) is 0 Å². The Hall–Kier alpha value is -3.65. The van der Waals surface area contributed by atoms with Gasteiger partial charge in [-0.15, -0.1) is 0 Å². The summed E-state index contributed by atoms with van der Waals surface area (Å²) in [6, 6.07) is 14.0. The quantitative estimate of drug-likeness (QED) is 0.474. The van der Waals surface area contributed by atoms with Crippen molar-refractivity contribution in [2.75, 3.05) is 11.4 Å². The third-order valence-electron chi connectivity index (χ3n) is 5.92. The number of para-hydroxylation sites is 1. The Labute approximate surface area is 207 Å². The highest BCUT2D eigenvalue weighted by Gasteiger charge is 2.35. The molecule has 9 heteroatoms. The SMILES string of the molecule is O=C(NCC(=O)N(c1ccccc1F)[C@H](C(=O)NC1CCCC1)c1ccc(Cl)cc1)c1ccco1. The summed E-state index contributed by atoms with van der Waals surface area (Å²) < 4.78 is 20.0. The zero-order valence-electron chi connectivity index (χ0n) is 18.9. The number of halogens is 2. The third kappa shape index (κ3) is 5.89. The van der Waals surface area contributed by atoms with Crippen molar-refractivity contribution < 1.29 is 23.2 Å². The Kier molecular flexibility index (Phi) is 7.82. The Morgan fingerprint density at radius 2 is 1.74 bits per heavy atom. The fourth-order valence-electron chi connectivity index (χ4n) is 4.21. The van der Waals surface area contributed by atoms with E-state index in [1.807, 2.05) is 0 Å². The van der Waals surface area contributed by atoms with Crippen LogP contribution in [0.15, 0.2) is 71.3 Å². The van der Waals surface area contributed by atoms with E-state index in [-0.39, 0.29) is 17.5 Å². The number of benzene rings is 2. The van der Waals surface area contributed by atoms with Gasteiger partial charge in [-0.1, -0.05) is 48.7 Å². The molecule has 0 spiro atoms. The van der Waals surface area contributed by atoms with Crippen LogP contribution in [0.5, 0.6) is 0 Å². The van der Waals surface area contributed by atoms with Crippen molar-refractivity contribution in [2.24, 2.45) is 0 Å². The van der Waals surface area contributed by atoms with Crippen molar-refractivity contribution in [3.63, 3.8) is 0 Å². The fraction of sp³-hybridized carbons (Fsp3) is 0.269. The lowest BCUT2D eigenvalue weighted by atomic mass is 10.0. The zero-order chi connectivity index (χ0) is 24.8. The molecule has 0 saturated heterocycles. The molecular formula is C26H25ClFN3O4. The van der Waals surface area contributed by atoms with E-state index < -0.39 is 36.1 Å². The number of carbonyl (C=O) groups is 3. The predicted molar refractivity (Wildman–Crippen MR) is 130 cm³/mol. The lowest BCUT2D eigenvalue weighted by Crippen LogP contribution is -2.49. The van der Waals surface area contributed by atoms with Gasteiger partial charge in [0.2, 0.25) is 11.8 Å². The molecule has 1 saturated carbocycles. The minimum atomic E-state index is -1.18. The Bertz CT molecular complexity index is 1180. The number of furan rings is 1. The number of rotatable bonds is 8. The molecule has 3 aromatic rings. The molecule has 2 aromatic carbocycles. The van der Waals surface area contributed by atoms with Crippen LogP contribution in [0.4, 0.5) is 10.1 Å². The summed E-state index contributed by atoms with van der Waals surface area (Å²) in [5, 5.41) is 5.95. The molecule has 1 fully saturated rings.